The number of aromatic nitrogens is 1. The smallest absolute Gasteiger partial charge is 0.272 e. The highest BCUT2D eigenvalue weighted by molar-refractivity contribution is 6.34. The third-order valence-corrected chi connectivity index (χ3v) is 2.99. The van der Waals surface area contributed by atoms with Crippen molar-refractivity contribution in [2.75, 3.05) is 5.32 Å². The number of anilines is 1. The fourth-order valence-electron chi connectivity index (χ4n) is 1.68. The minimum absolute atomic E-state index is 0.00223. The Bertz CT molecular complexity index is 688. The van der Waals surface area contributed by atoms with Crippen LogP contribution in [0.3, 0.4) is 0 Å². The van der Waals surface area contributed by atoms with Crippen LogP contribution < -0.4 is 5.32 Å². The fraction of sp³-hybridized carbons (Fsp3) is 0.0769. The van der Waals surface area contributed by atoms with Crippen LogP contribution in [0.1, 0.15) is 15.9 Å². The Morgan fingerprint density at radius 2 is 2.15 bits per heavy atom. The molecule has 0 aliphatic carbocycles. The highest BCUT2D eigenvalue weighted by Gasteiger charge is 2.13. The number of nitro groups is 1. The molecule has 0 radical (unpaired) electrons. The zero-order valence-electron chi connectivity index (χ0n) is 10.5. The number of carbonyl (C=O) groups is 1. The number of nitrogens with one attached hydrogen (secondary N) is 1. The van der Waals surface area contributed by atoms with Crippen LogP contribution in [0.25, 0.3) is 0 Å². The molecule has 20 heavy (non-hydrogen) atoms. The average molecular weight is 292 g/mol. The summed E-state index contributed by atoms with van der Waals surface area (Å²) >= 11 is 5.89. The monoisotopic (exact) mass is 291 g/mol. The Hall–Kier alpha value is -2.47. The second-order valence-electron chi connectivity index (χ2n) is 4.07. The van der Waals surface area contributed by atoms with Crippen LogP contribution in [0.5, 0.6) is 0 Å². The number of rotatable bonds is 3. The number of carbonyl (C=O) groups excluding carboxylic acids is 1. The molecule has 0 atom stereocenters. The van der Waals surface area contributed by atoms with Crippen molar-refractivity contribution >= 4 is 28.9 Å². The second-order valence-corrected chi connectivity index (χ2v) is 4.48. The molecule has 1 aromatic carbocycles. The van der Waals surface area contributed by atoms with Gasteiger partial charge in [0.2, 0.25) is 0 Å². The number of aryl methyl sites for hydroxylation is 1. The van der Waals surface area contributed by atoms with Gasteiger partial charge in [-0.1, -0.05) is 11.6 Å². The van der Waals surface area contributed by atoms with Crippen LogP contribution in [-0.4, -0.2) is 15.8 Å². The summed E-state index contributed by atoms with van der Waals surface area (Å²) in [5.41, 5.74) is 1.16. The van der Waals surface area contributed by atoms with Gasteiger partial charge in [0.15, 0.2) is 0 Å². The summed E-state index contributed by atoms with van der Waals surface area (Å²) in [5, 5.41) is 13.6. The molecule has 0 fully saturated rings. The molecule has 102 valence electrons. The number of benzene rings is 1. The number of amides is 1. The van der Waals surface area contributed by atoms with Crippen molar-refractivity contribution in [2.24, 2.45) is 0 Å². The van der Waals surface area contributed by atoms with E-state index in [9.17, 15) is 14.9 Å². The molecular formula is C13H10ClN3O3. The topological polar surface area (TPSA) is 85.1 Å². The molecule has 1 aromatic heterocycles. The molecule has 0 spiro atoms. The molecule has 0 unspecified atom stereocenters. The lowest BCUT2D eigenvalue weighted by Gasteiger charge is -2.07. The maximum absolute atomic E-state index is 12.0. The van der Waals surface area contributed by atoms with Gasteiger partial charge in [0.25, 0.3) is 11.6 Å². The molecule has 6 nitrogen and oxygen atoms in total. The Kier molecular flexibility index (Phi) is 3.95. The lowest BCUT2D eigenvalue weighted by atomic mass is 10.1. The largest absolute Gasteiger partial charge is 0.322 e. The number of pyridine rings is 1. The standard InChI is InChI=1S/C13H10ClN3O3/c1-8-6-9(2-3-12(8)17(19)20)16-13(18)10-7-15-5-4-11(10)14/h2-7H,1H3,(H,16,18). The van der Waals surface area contributed by atoms with E-state index in [-0.39, 0.29) is 16.3 Å². The summed E-state index contributed by atoms with van der Waals surface area (Å²) in [6.07, 6.45) is 2.84. The van der Waals surface area contributed by atoms with Crippen LogP contribution >= 0.6 is 11.6 Å². The minimum Gasteiger partial charge on any atom is -0.322 e. The molecule has 7 heteroatoms. The van der Waals surface area contributed by atoms with Gasteiger partial charge in [-0.25, -0.2) is 0 Å². The predicted octanol–water partition coefficient (Wildman–Crippen LogP) is 3.20. The van der Waals surface area contributed by atoms with Gasteiger partial charge in [0.1, 0.15) is 0 Å². The van der Waals surface area contributed by atoms with E-state index < -0.39 is 10.8 Å². The van der Waals surface area contributed by atoms with Gasteiger partial charge in [-0.2, -0.15) is 0 Å². The Morgan fingerprint density at radius 3 is 2.75 bits per heavy atom. The molecule has 0 saturated carbocycles. The van der Waals surface area contributed by atoms with Gasteiger partial charge >= 0.3 is 0 Å². The first kappa shape index (κ1) is 14.0. The summed E-state index contributed by atoms with van der Waals surface area (Å²) in [6, 6.07) is 5.85. The number of hydrogen-bond acceptors (Lipinski definition) is 4. The summed E-state index contributed by atoms with van der Waals surface area (Å²) in [5.74, 6) is -0.420. The SMILES string of the molecule is Cc1cc(NC(=O)c2cnccc2Cl)ccc1[N+](=O)[O-]. The Labute approximate surface area is 119 Å². The molecule has 0 saturated heterocycles. The van der Waals surface area contributed by atoms with Crippen molar-refractivity contribution in [3.8, 4) is 0 Å². The number of nitro benzene ring substituents is 1. The molecule has 0 aliphatic rings. The summed E-state index contributed by atoms with van der Waals surface area (Å²) in [7, 11) is 0. The molecule has 0 bridgehead atoms. The predicted molar refractivity (Wildman–Crippen MR) is 75.0 cm³/mol. The summed E-state index contributed by atoms with van der Waals surface area (Å²) < 4.78 is 0. The van der Waals surface area contributed by atoms with Crippen LogP contribution in [-0.2, 0) is 0 Å². The first-order valence-corrected chi connectivity index (χ1v) is 6.02. The van der Waals surface area contributed by atoms with Gasteiger partial charge in [-0.05, 0) is 25.1 Å². The lowest BCUT2D eigenvalue weighted by Crippen LogP contribution is -2.13. The number of nitrogens with zero attached hydrogens (tertiary/aromatic N) is 2. The molecule has 0 aliphatic heterocycles. The van der Waals surface area contributed by atoms with E-state index in [0.717, 1.165) is 0 Å². The van der Waals surface area contributed by atoms with Crippen LogP contribution in [0, 0.1) is 17.0 Å². The van der Waals surface area contributed by atoms with Gasteiger partial charge in [0.05, 0.1) is 15.5 Å². The Morgan fingerprint density at radius 1 is 1.40 bits per heavy atom. The fourth-order valence-corrected chi connectivity index (χ4v) is 1.87. The van der Waals surface area contributed by atoms with Crippen molar-refractivity contribution in [3.63, 3.8) is 0 Å². The van der Waals surface area contributed by atoms with E-state index in [1.54, 1.807) is 6.92 Å². The maximum atomic E-state index is 12.0. The van der Waals surface area contributed by atoms with Crippen LogP contribution in [0.15, 0.2) is 36.7 Å². The highest BCUT2D eigenvalue weighted by Crippen LogP contribution is 2.22. The quantitative estimate of drug-likeness (QED) is 0.695. The Balaban J connectivity index is 2.23. The van der Waals surface area contributed by atoms with Crippen molar-refractivity contribution in [2.45, 2.75) is 6.92 Å². The number of halogens is 1. The zero-order chi connectivity index (χ0) is 14.7. The van der Waals surface area contributed by atoms with Crippen molar-refractivity contribution in [1.29, 1.82) is 0 Å². The van der Waals surface area contributed by atoms with Gasteiger partial charge in [0, 0.05) is 29.7 Å². The van der Waals surface area contributed by atoms with Crippen molar-refractivity contribution in [1.82, 2.24) is 4.98 Å². The van der Waals surface area contributed by atoms with E-state index in [0.29, 0.717) is 11.3 Å². The van der Waals surface area contributed by atoms with Gasteiger partial charge in [-0.3, -0.25) is 19.9 Å². The normalized spacial score (nSPS) is 10.1. The first-order valence-electron chi connectivity index (χ1n) is 5.65. The first-order chi connectivity index (χ1) is 9.49. The zero-order valence-corrected chi connectivity index (χ0v) is 11.2. The average Bonchev–Trinajstić information content (AvgIpc) is 2.38. The molecule has 2 rings (SSSR count). The van der Waals surface area contributed by atoms with Crippen molar-refractivity contribution < 1.29 is 9.72 Å². The van der Waals surface area contributed by atoms with Gasteiger partial charge in [-0.15, -0.1) is 0 Å². The van der Waals surface area contributed by atoms with E-state index in [2.05, 4.69) is 10.3 Å². The highest BCUT2D eigenvalue weighted by atomic mass is 35.5. The van der Waals surface area contributed by atoms with Gasteiger partial charge < -0.3 is 5.32 Å². The molecule has 1 heterocycles. The van der Waals surface area contributed by atoms with E-state index in [1.165, 1.54) is 36.7 Å². The maximum Gasteiger partial charge on any atom is 0.272 e. The second kappa shape index (κ2) is 5.66. The van der Waals surface area contributed by atoms with E-state index in [1.807, 2.05) is 0 Å². The van der Waals surface area contributed by atoms with Crippen LogP contribution in [0.2, 0.25) is 5.02 Å². The molecule has 1 amide bonds. The minimum atomic E-state index is -0.473. The molecule has 1 N–H and O–H groups in total. The van der Waals surface area contributed by atoms with Crippen molar-refractivity contribution in [3.05, 3.63) is 62.9 Å². The number of hydrogen-bond donors (Lipinski definition) is 1. The van der Waals surface area contributed by atoms with E-state index in [4.69, 9.17) is 11.6 Å². The van der Waals surface area contributed by atoms with Crippen LogP contribution in [0.4, 0.5) is 11.4 Å². The van der Waals surface area contributed by atoms with E-state index >= 15 is 0 Å². The third-order valence-electron chi connectivity index (χ3n) is 2.66. The summed E-state index contributed by atoms with van der Waals surface area (Å²) in [4.78, 5) is 26.1. The molecule has 2 aromatic rings. The molecular weight excluding hydrogens is 282 g/mol. The third kappa shape index (κ3) is 2.92. The lowest BCUT2D eigenvalue weighted by molar-refractivity contribution is -0.385. The summed E-state index contributed by atoms with van der Waals surface area (Å²) in [6.45, 7) is 1.60.